The summed E-state index contributed by atoms with van der Waals surface area (Å²) in [6.45, 7) is 0.612. The molecule has 1 N–H and O–H groups in total. The molecule has 2 aromatic carbocycles. The van der Waals surface area contributed by atoms with Gasteiger partial charge in [0.2, 0.25) is 15.9 Å². The molecule has 29 heavy (non-hydrogen) atoms. The van der Waals surface area contributed by atoms with Crippen LogP contribution in [0.1, 0.15) is 36.8 Å². The van der Waals surface area contributed by atoms with E-state index >= 15 is 0 Å². The van der Waals surface area contributed by atoms with Crippen LogP contribution in [-0.4, -0.2) is 31.7 Å². The van der Waals surface area contributed by atoms with Gasteiger partial charge in [0.1, 0.15) is 5.82 Å². The van der Waals surface area contributed by atoms with Gasteiger partial charge in [-0.1, -0.05) is 12.1 Å². The lowest BCUT2D eigenvalue weighted by molar-refractivity contribution is -0.120. The molecule has 2 aliphatic rings. The highest BCUT2D eigenvalue weighted by atomic mass is 32.2. The Morgan fingerprint density at radius 3 is 2.45 bits per heavy atom. The fourth-order valence-corrected chi connectivity index (χ4v) is 5.71. The molecule has 0 unspecified atom stereocenters. The zero-order valence-electron chi connectivity index (χ0n) is 16.2. The van der Waals surface area contributed by atoms with Crippen molar-refractivity contribution in [1.82, 2.24) is 4.31 Å². The number of hydrogen-bond donors (Lipinski definition) is 1. The summed E-state index contributed by atoms with van der Waals surface area (Å²) >= 11 is 0. The second-order valence-electron chi connectivity index (χ2n) is 7.82. The Bertz CT molecular complexity index is 1010. The van der Waals surface area contributed by atoms with Gasteiger partial charge in [-0.05, 0) is 80.0 Å². The third-order valence-electron chi connectivity index (χ3n) is 5.87. The smallest absolute Gasteiger partial charge is 0.243 e. The van der Waals surface area contributed by atoms with E-state index < -0.39 is 15.8 Å². The van der Waals surface area contributed by atoms with Crippen LogP contribution in [0, 0.1) is 11.7 Å². The topological polar surface area (TPSA) is 66.5 Å². The normalized spacial score (nSPS) is 18.2. The van der Waals surface area contributed by atoms with Gasteiger partial charge in [-0.25, -0.2) is 12.8 Å². The van der Waals surface area contributed by atoms with Crippen molar-refractivity contribution in [2.24, 2.45) is 5.92 Å². The highest BCUT2D eigenvalue weighted by Crippen LogP contribution is 2.28. The SMILES string of the molecule is O=C(Nc1cccc(F)c1)C1CCN(S(=O)(=O)c2ccc3c(c2)CCCC3)CC1. The number of piperidine rings is 1. The summed E-state index contributed by atoms with van der Waals surface area (Å²) in [7, 11) is -3.56. The minimum absolute atomic E-state index is 0.193. The van der Waals surface area contributed by atoms with Gasteiger partial charge in [0.15, 0.2) is 0 Å². The van der Waals surface area contributed by atoms with E-state index in [-0.39, 0.29) is 11.8 Å². The van der Waals surface area contributed by atoms with Crippen LogP contribution in [0.4, 0.5) is 10.1 Å². The molecule has 1 aliphatic heterocycles. The molecular weight excluding hydrogens is 391 g/mol. The van der Waals surface area contributed by atoms with Crippen LogP contribution in [0.25, 0.3) is 0 Å². The van der Waals surface area contributed by atoms with Crippen molar-refractivity contribution in [2.75, 3.05) is 18.4 Å². The van der Waals surface area contributed by atoms with Crippen LogP contribution in [0.2, 0.25) is 0 Å². The van der Waals surface area contributed by atoms with Gasteiger partial charge in [-0.2, -0.15) is 4.31 Å². The lowest BCUT2D eigenvalue weighted by Crippen LogP contribution is -2.41. The average molecular weight is 417 g/mol. The number of amides is 1. The second-order valence-corrected chi connectivity index (χ2v) is 9.75. The van der Waals surface area contributed by atoms with Crippen molar-refractivity contribution < 1.29 is 17.6 Å². The molecule has 0 atom stereocenters. The summed E-state index contributed by atoms with van der Waals surface area (Å²) in [5.41, 5.74) is 2.81. The van der Waals surface area contributed by atoms with Crippen molar-refractivity contribution in [1.29, 1.82) is 0 Å². The third-order valence-corrected chi connectivity index (χ3v) is 7.77. The number of halogens is 1. The van der Waals surface area contributed by atoms with Gasteiger partial charge in [-0.15, -0.1) is 0 Å². The van der Waals surface area contributed by atoms with Gasteiger partial charge in [0, 0.05) is 24.7 Å². The summed E-state index contributed by atoms with van der Waals surface area (Å²) in [5, 5.41) is 2.72. The van der Waals surface area contributed by atoms with Gasteiger partial charge in [-0.3, -0.25) is 4.79 Å². The summed E-state index contributed by atoms with van der Waals surface area (Å²) < 4.78 is 40.9. The summed E-state index contributed by atoms with van der Waals surface area (Å²) in [5.74, 6) is -0.886. The van der Waals surface area contributed by atoms with Crippen molar-refractivity contribution in [3.63, 3.8) is 0 Å². The van der Waals surface area contributed by atoms with Crippen LogP contribution in [0.3, 0.4) is 0 Å². The molecule has 7 heteroatoms. The molecule has 2 aromatic rings. The Kier molecular flexibility index (Phi) is 5.69. The Morgan fingerprint density at radius 1 is 1.00 bits per heavy atom. The van der Waals surface area contributed by atoms with E-state index in [2.05, 4.69) is 5.32 Å². The number of carbonyl (C=O) groups excluding carboxylic acids is 1. The van der Waals surface area contributed by atoms with Crippen LogP contribution >= 0.6 is 0 Å². The molecular formula is C22H25FN2O3S. The number of nitrogens with zero attached hydrogens (tertiary/aromatic N) is 1. The molecule has 4 rings (SSSR count). The first-order chi connectivity index (χ1) is 13.9. The summed E-state index contributed by atoms with van der Waals surface area (Å²) in [6.07, 6.45) is 5.10. The molecule has 154 valence electrons. The Hall–Kier alpha value is -2.25. The molecule has 1 amide bonds. The third kappa shape index (κ3) is 4.36. The highest BCUT2D eigenvalue weighted by Gasteiger charge is 2.32. The zero-order chi connectivity index (χ0) is 20.4. The van der Waals surface area contributed by atoms with E-state index in [1.165, 1.54) is 22.0 Å². The Balaban J connectivity index is 1.40. The molecule has 0 radical (unpaired) electrons. The molecule has 0 bridgehead atoms. The average Bonchev–Trinajstić information content (AvgIpc) is 2.73. The second kappa shape index (κ2) is 8.24. The first kappa shape index (κ1) is 20.0. The largest absolute Gasteiger partial charge is 0.326 e. The molecule has 0 aromatic heterocycles. The fraction of sp³-hybridized carbons (Fsp3) is 0.409. The molecule has 1 fully saturated rings. The summed E-state index contributed by atoms with van der Waals surface area (Å²) in [4.78, 5) is 12.8. The number of anilines is 1. The maximum Gasteiger partial charge on any atom is 0.243 e. The lowest BCUT2D eigenvalue weighted by Gasteiger charge is -2.31. The van der Waals surface area contributed by atoms with Crippen LogP contribution in [0.5, 0.6) is 0 Å². The Morgan fingerprint density at radius 2 is 1.72 bits per heavy atom. The number of benzene rings is 2. The van der Waals surface area contributed by atoms with E-state index in [1.807, 2.05) is 12.1 Å². The maximum absolute atomic E-state index is 13.3. The van der Waals surface area contributed by atoms with Crippen molar-refractivity contribution in [2.45, 2.75) is 43.4 Å². The minimum Gasteiger partial charge on any atom is -0.326 e. The highest BCUT2D eigenvalue weighted by molar-refractivity contribution is 7.89. The van der Waals surface area contributed by atoms with Crippen LogP contribution in [-0.2, 0) is 27.7 Å². The number of sulfonamides is 1. The van der Waals surface area contributed by atoms with Gasteiger partial charge in [0.05, 0.1) is 4.90 Å². The molecule has 1 saturated heterocycles. The zero-order valence-corrected chi connectivity index (χ0v) is 17.1. The van der Waals surface area contributed by atoms with Crippen molar-refractivity contribution in [3.8, 4) is 0 Å². The van der Waals surface area contributed by atoms with Gasteiger partial charge in [0.25, 0.3) is 0 Å². The summed E-state index contributed by atoms with van der Waals surface area (Å²) in [6, 6.07) is 11.2. The Labute approximate surface area is 171 Å². The van der Waals surface area contributed by atoms with Crippen LogP contribution < -0.4 is 5.32 Å². The molecule has 0 saturated carbocycles. The van der Waals surface area contributed by atoms with Gasteiger partial charge < -0.3 is 5.32 Å². The molecule has 1 aliphatic carbocycles. The predicted molar refractivity (Wildman–Crippen MR) is 110 cm³/mol. The van der Waals surface area contributed by atoms with E-state index in [4.69, 9.17) is 0 Å². The fourth-order valence-electron chi connectivity index (χ4n) is 4.19. The number of aryl methyl sites for hydroxylation is 2. The van der Waals surface area contributed by atoms with Gasteiger partial charge >= 0.3 is 0 Å². The van der Waals surface area contributed by atoms with Crippen LogP contribution in [0.15, 0.2) is 47.4 Å². The molecule has 1 heterocycles. The number of fused-ring (bicyclic) bond motifs is 1. The molecule has 0 spiro atoms. The standard InChI is InChI=1S/C22H25FN2O3S/c23-19-6-3-7-20(15-19)24-22(26)17-10-12-25(13-11-17)29(27,28)21-9-8-16-4-1-2-5-18(16)14-21/h3,6-9,14-15,17H,1-2,4-5,10-13H2,(H,24,26). The molecule has 5 nitrogen and oxygen atoms in total. The minimum atomic E-state index is -3.56. The lowest BCUT2D eigenvalue weighted by atomic mass is 9.92. The monoisotopic (exact) mass is 416 g/mol. The quantitative estimate of drug-likeness (QED) is 0.826. The number of nitrogens with one attached hydrogen (secondary N) is 1. The maximum atomic E-state index is 13.3. The number of carbonyl (C=O) groups is 1. The van der Waals surface area contributed by atoms with Crippen molar-refractivity contribution in [3.05, 3.63) is 59.4 Å². The van der Waals surface area contributed by atoms with E-state index in [0.717, 1.165) is 31.2 Å². The first-order valence-corrected chi connectivity index (χ1v) is 11.6. The van der Waals surface area contributed by atoms with E-state index in [0.29, 0.717) is 36.5 Å². The number of rotatable bonds is 4. The van der Waals surface area contributed by atoms with E-state index in [9.17, 15) is 17.6 Å². The van der Waals surface area contributed by atoms with E-state index in [1.54, 1.807) is 18.2 Å². The first-order valence-electron chi connectivity index (χ1n) is 10.1. The number of hydrogen-bond acceptors (Lipinski definition) is 3. The van der Waals surface area contributed by atoms with Crippen molar-refractivity contribution >= 4 is 21.6 Å². The predicted octanol–water partition coefficient (Wildman–Crippen LogP) is 3.74.